The van der Waals surface area contributed by atoms with Crippen LogP contribution in [0.15, 0.2) is 72.5 Å². The Hall–Kier alpha value is -2.61. The number of quaternary nitrogens is 1. The molecule has 0 spiro atoms. The first-order valence-corrected chi connectivity index (χ1v) is 11.1. The molecule has 154 valence electrons. The average molecular weight is 416 g/mol. The monoisotopic (exact) mass is 415 g/mol. The SMILES string of the molecule is CCS(=O)(=O)[N+]1(c2ccc(OCc3cccc(OC)c3)cc2)C=C(CN)C=CC1. The molecule has 1 atom stereocenters. The summed E-state index contributed by atoms with van der Waals surface area (Å²) in [5.74, 6) is 1.47. The number of sulfonamides is 1. The minimum absolute atomic E-state index is 0.0310. The summed E-state index contributed by atoms with van der Waals surface area (Å²) in [6, 6.07) is 14.9. The molecular weight excluding hydrogens is 388 g/mol. The molecule has 0 bridgehead atoms. The maximum Gasteiger partial charge on any atom is 0.306 e. The van der Waals surface area contributed by atoms with E-state index in [0.29, 0.717) is 24.6 Å². The molecule has 1 unspecified atom stereocenters. The van der Waals surface area contributed by atoms with Crippen LogP contribution in [0.4, 0.5) is 5.69 Å². The molecule has 0 aliphatic carbocycles. The minimum atomic E-state index is -3.46. The Morgan fingerprint density at radius 3 is 2.52 bits per heavy atom. The Balaban J connectivity index is 1.85. The van der Waals surface area contributed by atoms with Crippen LogP contribution in [0.5, 0.6) is 11.5 Å². The van der Waals surface area contributed by atoms with E-state index >= 15 is 0 Å². The number of methoxy groups -OCH3 is 1. The summed E-state index contributed by atoms with van der Waals surface area (Å²) >= 11 is 0. The van der Waals surface area contributed by atoms with Gasteiger partial charge in [0, 0.05) is 24.3 Å². The first kappa shape index (κ1) is 21.1. The second kappa shape index (κ2) is 8.82. The molecule has 0 aromatic heterocycles. The molecular formula is C22H27N2O4S+. The lowest BCUT2D eigenvalue weighted by Crippen LogP contribution is -2.51. The zero-order chi connectivity index (χ0) is 20.9. The second-order valence-electron chi connectivity index (χ2n) is 6.79. The zero-order valence-corrected chi connectivity index (χ0v) is 17.6. The first-order chi connectivity index (χ1) is 13.9. The molecule has 1 aliphatic rings. The molecule has 0 saturated carbocycles. The van der Waals surface area contributed by atoms with Gasteiger partial charge in [-0.3, -0.25) is 0 Å². The van der Waals surface area contributed by atoms with Gasteiger partial charge in [0.2, 0.25) is 0 Å². The van der Waals surface area contributed by atoms with Crippen LogP contribution >= 0.6 is 0 Å². The number of benzene rings is 2. The van der Waals surface area contributed by atoms with Crippen molar-refractivity contribution in [2.75, 3.05) is 26.0 Å². The predicted molar refractivity (Wildman–Crippen MR) is 116 cm³/mol. The maximum atomic E-state index is 13.0. The van der Waals surface area contributed by atoms with E-state index in [2.05, 4.69) is 0 Å². The summed E-state index contributed by atoms with van der Waals surface area (Å²) < 4.78 is 36.8. The van der Waals surface area contributed by atoms with Crippen molar-refractivity contribution in [3.05, 3.63) is 78.0 Å². The zero-order valence-electron chi connectivity index (χ0n) is 16.7. The van der Waals surface area contributed by atoms with Crippen LogP contribution in [0, 0.1) is 0 Å². The molecule has 0 amide bonds. The largest absolute Gasteiger partial charge is 0.497 e. The average Bonchev–Trinajstić information content (AvgIpc) is 2.78. The van der Waals surface area contributed by atoms with E-state index in [1.165, 1.54) is 0 Å². The quantitative estimate of drug-likeness (QED) is 0.669. The third-order valence-electron chi connectivity index (χ3n) is 4.99. The van der Waals surface area contributed by atoms with E-state index in [9.17, 15) is 8.42 Å². The van der Waals surface area contributed by atoms with Gasteiger partial charge in [-0.2, -0.15) is 12.3 Å². The highest BCUT2D eigenvalue weighted by Gasteiger charge is 2.42. The number of hydrogen-bond donors (Lipinski definition) is 1. The fourth-order valence-electron chi connectivity index (χ4n) is 3.33. The van der Waals surface area contributed by atoms with Crippen molar-refractivity contribution < 1.29 is 17.9 Å². The second-order valence-corrected chi connectivity index (χ2v) is 9.19. The highest BCUT2D eigenvalue weighted by molar-refractivity contribution is 7.91. The van der Waals surface area contributed by atoms with Crippen molar-refractivity contribution in [3.63, 3.8) is 0 Å². The molecule has 0 fully saturated rings. The normalized spacial score (nSPS) is 18.9. The highest BCUT2D eigenvalue weighted by Crippen LogP contribution is 2.34. The lowest BCUT2D eigenvalue weighted by atomic mass is 10.2. The molecule has 1 heterocycles. The van der Waals surface area contributed by atoms with Gasteiger partial charge >= 0.3 is 10.0 Å². The maximum absolute atomic E-state index is 13.0. The molecule has 0 saturated heterocycles. The standard InChI is InChI=1S/C22H27N2O4S/c1-3-29(25,26)24(13-5-7-19(15-23)16-24)20-9-11-21(12-10-20)28-17-18-6-4-8-22(14-18)27-2/h4-12,14,16H,3,13,15,17,23H2,1-2H3/q+1. The third kappa shape index (κ3) is 4.37. The van der Waals surface area contributed by atoms with Gasteiger partial charge in [0.15, 0.2) is 5.69 Å². The Bertz CT molecular complexity index is 1010. The summed E-state index contributed by atoms with van der Waals surface area (Å²) in [4.78, 5) is 0. The van der Waals surface area contributed by atoms with Gasteiger partial charge in [-0.25, -0.2) is 0 Å². The van der Waals surface area contributed by atoms with E-state index in [-0.39, 0.29) is 16.2 Å². The predicted octanol–water partition coefficient (Wildman–Crippen LogP) is 3.34. The lowest BCUT2D eigenvalue weighted by Gasteiger charge is -2.34. The number of nitrogens with zero attached hydrogens (tertiary/aromatic N) is 1. The van der Waals surface area contributed by atoms with Crippen LogP contribution in [0.25, 0.3) is 0 Å². The van der Waals surface area contributed by atoms with Crippen LogP contribution in [-0.2, 0) is 16.6 Å². The van der Waals surface area contributed by atoms with Crippen LogP contribution in [0.3, 0.4) is 0 Å². The highest BCUT2D eigenvalue weighted by atomic mass is 32.2. The fraction of sp³-hybridized carbons (Fsp3) is 0.273. The minimum Gasteiger partial charge on any atom is -0.497 e. The molecule has 1 aliphatic heterocycles. The Kier molecular flexibility index (Phi) is 6.42. The van der Waals surface area contributed by atoms with Gasteiger partial charge in [0.25, 0.3) is 0 Å². The van der Waals surface area contributed by atoms with Gasteiger partial charge in [-0.15, -0.1) is 0 Å². The van der Waals surface area contributed by atoms with E-state index in [0.717, 1.165) is 16.9 Å². The van der Waals surface area contributed by atoms with Crippen LogP contribution in [-0.4, -0.2) is 34.4 Å². The number of rotatable bonds is 8. The molecule has 7 heteroatoms. The van der Waals surface area contributed by atoms with Gasteiger partial charge in [-0.1, -0.05) is 18.2 Å². The van der Waals surface area contributed by atoms with Crippen molar-refractivity contribution in [2.24, 2.45) is 5.73 Å². The van der Waals surface area contributed by atoms with E-state index in [1.807, 2.05) is 36.4 Å². The number of ether oxygens (including phenoxy) is 2. The Labute approximate surface area is 172 Å². The third-order valence-corrected chi connectivity index (χ3v) is 7.18. The van der Waals surface area contributed by atoms with Gasteiger partial charge < -0.3 is 15.2 Å². The van der Waals surface area contributed by atoms with Crippen LogP contribution < -0.4 is 19.1 Å². The van der Waals surface area contributed by atoms with Crippen molar-refractivity contribution in [1.82, 2.24) is 3.89 Å². The summed E-state index contributed by atoms with van der Waals surface area (Å²) in [5, 5.41) is 0. The smallest absolute Gasteiger partial charge is 0.306 e. The van der Waals surface area contributed by atoms with E-state index < -0.39 is 10.0 Å². The van der Waals surface area contributed by atoms with Crippen molar-refractivity contribution in [2.45, 2.75) is 13.5 Å². The van der Waals surface area contributed by atoms with E-state index in [1.54, 1.807) is 44.5 Å². The number of nitrogens with two attached hydrogens (primary N) is 1. The van der Waals surface area contributed by atoms with Gasteiger partial charge in [-0.05, 0) is 42.8 Å². The molecule has 6 nitrogen and oxygen atoms in total. The molecule has 3 rings (SSSR count). The summed E-state index contributed by atoms with van der Waals surface area (Å²) in [6.07, 6.45) is 5.49. The summed E-state index contributed by atoms with van der Waals surface area (Å²) in [5.41, 5.74) is 8.22. The Morgan fingerprint density at radius 2 is 1.86 bits per heavy atom. The molecule has 0 radical (unpaired) electrons. The summed E-state index contributed by atoms with van der Waals surface area (Å²) in [6.45, 7) is 2.68. The fourth-order valence-corrected chi connectivity index (χ4v) is 4.85. The van der Waals surface area contributed by atoms with Crippen molar-refractivity contribution in [3.8, 4) is 11.5 Å². The van der Waals surface area contributed by atoms with Crippen molar-refractivity contribution in [1.29, 1.82) is 0 Å². The van der Waals surface area contributed by atoms with Crippen molar-refractivity contribution >= 4 is 15.7 Å². The molecule has 2 aromatic rings. The van der Waals surface area contributed by atoms with Crippen LogP contribution in [0.2, 0.25) is 0 Å². The molecule has 2 aromatic carbocycles. The summed E-state index contributed by atoms with van der Waals surface area (Å²) in [7, 11) is -1.83. The molecule has 2 N–H and O–H groups in total. The van der Waals surface area contributed by atoms with Crippen LogP contribution in [0.1, 0.15) is 12.5 Å². The molecule has 29 heavy (non-hydrogen) atoms. The van der Waals surface area contributed by atoms with Gasteiger partial charge in [0.1, 0.15) is 30.9 Å². The first-order valence-electron chi connectivity index (χ1n) is 9.49. The lowest BCUT2D eigenvalue weighted by molar-refractivity contribution is 0.305. The van der Waals surface area contributed by atoms with Gasteiger partial charge in [0.05, 0.1) is 12.9 Å². The van der Waals surface area contributed by atoms with E-state index in [4.69, 9.17) is 15.2 Å². The Morgan fingerprint density at radius 1 is 1.10 bits per heavy atom. The topological polar surface area (TPSA) is 78.6 Å². The number of hydrogen-bond acceptors (Lipinski definition) is 5.